The maximum atomic E-state index is 13.1. The first-order valence-electron chi connectivity index (χ1n) is 7.08. The third kappa shape index (κ3) is 4.05. The minimum Gasteiger partial charge on any atom is -0.326 e. The summed E-state index contributed by atoms with van der Waals surface area (Å²) in [4.78, 5) is 12.1. The van der Waals surface area contributed by atoms with Gasteiger partial charge in [-0.05, 0) is 35.4 Å². The molecule has 0 saturated carbocycles. The van der Waals surface area contributed by atoms with Crippen molar-refractivity contribution < 1.29 is 9.18 Å². The van der Waals surface area contributed by atoms with E-state index in [4.69, 9.17) is 0 Å². The minimum absolute atomic E-state index is 0.130. The van der Waals surface area contributed by atoms with Crippen LogP contribution in [0.5, 0.6) is 0 Å². The van der Waals surface area contributed by atoms with Crippen LogP contribution < -0.4 is 5.32 Å². The quantitative estimate of drug-likeness (QED) is 0.894. The highest BCUT2D eigenvalue weighted by molar-refractivity contribution is 8.19. The third-order valence-electron chi connectivity index (χ3n) is 3.32. The number of hydrogen-bond acceptors (Lipinski definition) is 3. The van der Waals surface area contributed by atoms with Crippen LogP contribution in [0.2, 0.25) is 0 Å². The van der Waals surface area contributed by atoms with Crippen LogP contribution in [-0.4, -0.2) is 17.4 Å². The molecule has 0 radical (unpaired) electrons. The Labute approximate surface area is 137 Å². The fraction of sp³-hybridized carbons (Fsp3) is 0.235. The number of carbonyl (C=O) groups excluding carboxylic acids is 1. The molecule has 1 heterocycles. The number of rotatable bonds is 4. The molecule has 1 aliphatic heterocycles. The second-order valence-electron chi connectivity index (χ2n) is 5.05. The van der Waals surface area contributed by atoms with E-state index in [0.29, 0.717) is 10.1 Å². The maximum Gasteiger partial charge on any atom is 0.228 e. The number of nitrogens with one attached hydrogen (secondary N) is 1. The predicted octanol–water partition coefficient (Wildman–Crippen LogP) is 4.49. The fourth-order valence-corrected chi connectivity index (χ4v) is 5.19. The van der Waals surface area contributed by atoms with Crippen LogP contribution in [0.1, 0.15) is 15.7 Å². The first-order valence-corrected chi connectivity index (χ1v) is 9.18. The number of anilines is 1. The average molecular weight is 333 g/mol. The van der Waals surface area contributed by atoms with E-state index in [1.807, 2.05) is 41.7 Å². The van der Waals surface area contributed by atoms with Crippen LogP contribution >= 0.6 is 23.5 Å². The maximum absolute atomic E-state index is 13.1. The van der Waals surface area contributed by atoms with Gasteiger partial charge in [0.25, 0.3) is 0 Å². The van der Waals surface area contributed by atoms with Gasteiger partial charge in [-0.15, -0.1) is 23.5 Å². The highest BCUT2D eigenvalue weighted by Gasteiger charge is 2.18. The van der Waals surface area contributed by atoms with E-state index in [1.165, 1.54) is 29.2 Å². The molecule has 0 atom stereocenters. The average Bonchev–Trinajstić information content (AvgIpc) is 3.01. The Hall–Kier alpha value is -1.46. The van der Waals surface area contributed by atoms with Gasteiger partial charge in [0, 0.05) is 17.2 Å². The molecule has 0 aromatic heterocycles. The van der Waals surface area contributed by atoms with Gasteiger partial charge < -0.3 is 5.32 Å². The van der Waals surface area contributed by atoms with E-state index >= 15 is 0 Å². The predicted molar refractivity (Wildman–Crippen MR) is 92.8 cm³/mol. The summed E-state index contributed by atoms with van der Waals surface area (Å²) in [7, 11) is 0. The molecule has 2 nitrogen and oxygen atoms in total. The van der Waals surface area contributed by atoms with Crippen molar-refractivity contribution in [1.29, 1.82) is 0 Å². The molecule has 1 fully saturated rings. The second kappa shape index (κ2) is 7.20. The zero-order chi connectivity index (χ0) is 15.4. The second-order valence-corrected chi connectivity index (χ2v) is 7.78. The number of thioether (sulfide) groups is 2. The largest absolute Gasteiger partial charge is 0.326 e. The molecule has 2 aromatic carbocycles. The molecule has 2 aromatic rings. The zero-order valence-corrected chi connectivity index (χ0v) is 13.6. The first kappa shape index (κ1) is 15.4. The highest BCUT2D eigenvalue weighted by atomic mass is 32.2. The summed E-state index contributed by atoms with van der Waals surface area (Å²) >= 11 is 3.87. The van der Waals surface area contributed by atoms with Crippen molar-refractivity contribution in [3.63, 3.8) is 0 Å². The van der Waals surface area contributed by atoms with Crippen molar-refractivity contribution in [3.05, 3.63) is 65.5 Å². The molecule has 0 unspecified atom stereocenters. The van der Waals surface area contributed by atoms with Gasteiger partial charge in [-0.1, -0.05) is 24.3 Å². The number of hydrogen-bond donors (Lipinski definition) is 1. The molecule has 0 aliphatic carbocycles. The number of halogens is 1. The van der Waals surface area contributed by atoms with Gasteiger partial charge in [-0.25, -0.2) is 4.39 Å². The Kier molecular flexibility index (Phi) is 5.05. The molecule has 22 heavy (non-hydrogen) atoms. The van der Waals surface area contributed by atoms with Crippen molar-refractivity contribution in [2.75, 3.05) is 16.8 Å². The van der Waals surface area contributed by atoms with E-state index in [2.05, 4.69) is 11.4 Å². The van der Waals surface area contributed by atoms with Gasteiger partial charge in [-0.3, -0.25) is 4.79 Å². The van der Waals surface area contributed by atoms with Crippen molar-refractivity contribution in [2.24, 2.45) is 0 Å². The zero-order valence-electron chi connectivity index (χ0n) is 11.9. The molecule has 114 valence electrons. The van der Waals surface area contributed by atoms with Crippen molar-refractivity contribution >= 4 is 35.1 Å². The lowest BCUT2D eigenvalue weighted by atomic mass is 10.1. The molecule has 5 heteroatoms. The SMILES string of the molecule is O=C(Cc1cccc(F)c1)Nc1cccc(C2SCCS2)c1. The topological polar surface area (TPSA) is 29.1 Å². The smallest absolute Gasteiger partial charge is 0.228 e. The van der Waals surface area contributed by atoms with Crippen LogP contribution in [0.3, 0.4) is 0 Å². The van der Waals surface area contributed by atoms with E-state index in [-0.39, 0.29) is 18.1 Å². The Morgan fingerprint density at radius 3 is 2.68 bits per heavy atom. The summed E-state index contributed by atoms with van der Waals surface area (Å²) in [5, 5.41) is 2.89. The third-order valence-corrected chi connectivity index (χ3v) is 6.42. The molecule has 1 aliphatic rings. The lowest BCUT2D eigenvalue weighted by Gasteiger charge is -2.11. The first-order chi connectivity index (χ1) is 10.7. The lowest BCUT2D eigenvalue weighted by molar-refractivity contribution is -0.115. The molecule has 0 spiro atoms. The standard InChI is InChI=1S/C17H16FNOS2/c18-14-5-1-3-12(9-14)10-16(20)19-15-6-2-4-13(11-15)17-21-7-8-22-17/h1-6,9,11,17H,7-8,10H2,(H,19,20). The van der Waals surface area contributed by atoms with Gasteiger partial charge in [-0.2, -0.15) is 0 Å². The van der Waals surface area contributed by atoms with Crippen LogP contribution in [0.4, 0.5) is 10.1 Å². The van der Waals surface area contributed by atoms with Crippen LogP contribution in [0.25, 0.3) is 0 Å². The molecular weight excluding hydrogens is 317 g/mol. The van der Waals surface area contributed by atoms with Crippen molar-refractivity contribution in [3.8, 4) is 0 Å². The Bertz CT molecular complexity index is 671. The summed E-state index contributed by atoms with van der Waals surface area (Å²) < 4.78 is 13.6. The minimum atomic E-state index is -0.317. The van der Waals surface area contributed by atoms with Gasteiger partial charge in [0.15, 0.2) is 0 Å². The Morgan fingerprint density at radius 2 is 1.91 bits per heavy atom. The summed E-state index contributed by atoms with van der Waals surface area (Å²) in [5.74, 6) is 1.90. The van der Waals surface area contributed by atoms with Crippen molar-refractivity contribution in [2.45, 2.75) is 11.0 Å². The van der Waals surface area contributed by atoms with Gasteiger partial charge in [0.1, 0.15) is 5.82 Å². The molecule has 0 bridgehead atoms. The number of benzene rings is 2. The van der Waals surface area contributed by atoms with E-state index in [9.17, 15) is 9.18 Å². The monoisotopic (exact) mass is 333 g/mol. The molecule has 1 amide bonds. The highest BCUT2D eigenvalue weighted by Crippen LogP contribution is 2.45. The van der Waals surface area contributed by atoms with E-state index < -0.39 is 0 Å². The summed E-state index contributed by atoms with van der Waals surface area (Å²) in [6, 6.07) is 14.1. The molecular formula is C17H16FNOS2. The Morgan fingerprint density at radius 1 is 1.14 bits per heavy atom. The number of carbonyl (C=O) groups is 1. The van der Waals surface area contributed by atoms with Gasteiger partial charge >= 0.3 is 0 Å². The molecule has 1 N–H and O–H groups in total. The van der Waals surface area contributed by atoms with E-state index in [0.717, 1.165) is 5.69 Å². The molecule has 3 rings (SSSR count). The summed E-state index contributed by atoms with van der Waals surface area (Å²) in [6.45, 7) is 0. The van der Waals surface area contributed by atoms with Crippen LogP contribution in [0, 0.1) is 5.82 Å². The fourth-order valence-electron chi connectivity index (χ4n) is 2.35. The van der Waals surface area contributed by atoms with Gasteiger partial charge in [0.05, 0.1) is 11.0 Å². The van der Waals surface area contributed by atoms with Crippen molar-refractivity contribution in [1.82, 2.24) is 0 Å². The van der Waals surface area contributed by atoms with Gasteiger partial charge in [0.2, 0.25) is 5.91 Å². The van der Waals surface area contributed by atoms with Crippen LogP contribution in [-0.2, 0) is 11.2 Å². The normalized spacial score (nSPS) is 15.0. The summed E-state index contributed by atoms with van der Waals surface area (Å²) in [5.41, 5.74) is 2.71. The molecule has 1 saturated heterocycles. The van der Waals surface area contributed by atoms with Crippen LogP contribution in [0.15, 0.2) is 48.5 Å². The summed E-state index contributed by atoms with van der Waals surface area (Å²) in [6.07, 6.45) is 0.176. The Balaban J connectivity index is 1.65. The number of amides is 1. The lowest BCUT2D eigenvalue weighted by Crippen LogP contribution is -2.14. The van der Waals surface area contributed by atoms with E-state index in [1.54, 1.807) is 12.1 Å².